The number of fused-ring (bicyclic) bond motifs is 1. The molecular weight excluding hydrogens is 196 g/mol. The van der Waals surface area contributed by atoms with Crippen LogP contribution in [0, 0.1) is 0 Å². The Morgan fingerprint density at radius 3 is 2.75 bits per heavy atom. The molecule has 1 heterocycles. The van der Waals surface area contributed by atoms with Gasteiger partial charge in [-0.2, -0.15) is 0 Å². The third-order valence-electron chi connectivity index (χ3n) is 3.09. The van der Waals surface area contributed by atoms with Crippen molar-refractivity contribution in [2.24, 2.45) is 5.73 Å². The average molecular weight is 216 g/mol. The van der Waals surface area contributed by atoms with E-state index in [4.69, 9.17) is 5.73 Å². The summed E-state index contributed by atoms with van der Waals surface area (Å²) in [5.74, 6) is 0. The molecule has 0 radical (unpaired) electrons. The molecule has 1 aromatic carbocycles. The Morgan fingerprint density at radius 1 is 1.19 bits per heavy atom. The third-order valence-corrected chi connectivity index (χ3v) is 3.09. The van der Waals surface area contributed by atoms with E-state index in [1.807, 2.05) is 0 Å². The van der Waals surface area contributed by atoms with E-state index >= 15 is 0 Å². The minimum Gasteiger partial charge on any atom is -0.347 e. The molecule has 0 unspecified atom stereocenters. The van der Waals surface area contributed by atoms with Gasteiger partial charge in [0.05, 0.1) is 0 Å². The van der Waals surface area contributed by atoms with Gasteiger partial charge in [-0.25, -0.2) is 0 Å². The lowest BCUT2D eigenvalue weighted by Gasteiger charge is -2.03. The zero-order chi connectivity index (χ0) is 11.4. The van der Waals surface area contributed by atoms with Crippen molar-refractivity contribution in [3.05, 3.63) is 36.0 Å². The highest BCUT2D eigenvalue weighted by Crippen LogP contribution is 2.21. The summed E-state index contributed by atoms with van der Waals surface area (Å²) >= 11 is 0. The molecule has 86 valence electrons. The highest BCUT2D eigenvalue weighted by atomic mass is 15.0. The second-order valence-electron chi connectivity index (χ2n) is 4.28. The van der Waals surface area contributed by atoms with Crippen LogP contribution in [0.1, 0.15) is 31.7 Å². The second-order valence-corrected chi connectivity index (χ2v) is 4.28. The van der Waals surface area contributed by atoms with Crippen LogP contribution in [-0.4, -0.2) is 4.57 Å². The van der Waals surface area contributed by atoms with Crippen LogP contribution >= 0.6 is 0 Å². The number of unbranched alkanes of at least 4 members (excludes halogenated alkanes) is 2. The fourth-order valence-corrected chi connectivity index (χ4v) is 2.20. The molecule has 0 aliphatic heterocycles. The maximum absolute atomic E-state index is 5.77. The van der Waals surface area contributed by atoms with E-state index in [9.17, 15) is 0 Å². The number of aromatic nitrogens is 1. The smallest absolute Gasteiger partial charge is 0.0483 e. The molecule has 0 bridgehead atoms. The Kier molecular flexibility index (Phi) is 3.62. The van der Waals surface area contributed by atoms with Crippen molar-refractivity contribution in [1.29, 1.82) is 0 Å². The predicted octanol–water partition coefficient (Wildman–Crippen LogP) is 3.29. The lowest BCUT2D eigenvalue weighted by molar-refractivity contribution is 0.615. The second kappa shape index (κ2) is 5.17. The summed E-state index contributed by atoms with van der Waals surface area (Å²) in [5, 5.41) is 1.31. The van der Waals surface area contributed by atoms with Crippen molar-refractivity contribution in [3.8, 4) is 0 Å². The first-order valence-electron chi connectivity index (χ1n) is 6.13. The molecule has 0 fully saturated rings. The first-order valence-corrected chi connectivity index (χ1v) is 6.13. The highest BCUT2D eigenvalue weighted by molar-refractivity contribution is 5.83. The molecule has 2 N–H and O–H groups in total. The summed E-state index contributed by atoms with van der Waals surface area (Å²) in [6, 6.07) is 8.52. The first-order chi connectivity index (χ1) is 7.86. The molecule has 0 spiro atoms. The maximum Gasteiger partial charge on any atom is 0.0483 e. The lowest BCUT2D eigenvalue weighted by Crippen LogP contribution is -1.97. The van der Waals surface area contributed by atoms with Crippen molar-refractivity contribution in [1.82, 2.24) is 4.57 Å². The zero-order valence-corrected chi connectivity index (χ0v) is 9.95. The van der Waals surface area contributed by atoms with E-state index in [-0.39, 0.29) is 0 Å². The Bertz CT molecular complexity index is 457. The van der Waals surface area contributed by atoms with Gasteiger partial charge < -0.3 is 10.3 Å². The van der Waals surface area contributed by atoms with Gasteiger partial charge >= 0.3 is 0 Å². The zero-order valence-electron chi connectivity index (χ0n) is 9.95. The number of rotatable bonds is 5. The van der Waals surface area contributed by atoms with Crippen molar-refractivity contribution in [2.75, 3.05) is 0 Å². The summed E-state index contributed by atoms with van der Waals surface area (Å²) in [7, 11) is 0. The summed E-state index contributed by atoms with van der Waals surface area (Å²) in [4.78, 5) is 0. The van der Waals surface area contributed by atoms with Crippen LogP contribution in [0.2, 0.25) is 0 Å². The van der Waals surface area contributed by atoms with Gasteiger partial charge in [0.1, 0.15) is 0 Å². The Labute approximate surface area is 97.1 Å². The van der Waals surface area contributed by atoms with Gasteiger partial charge in [-0.05, 0) is 18.1 Å². The number of para-hydroxylation sites is 1. The molecule has 2 aromatic rings. The average Bonchev–Trinajstić information content (AvgIpc) is 2.68. The van der Waals surface area contributed by atoms with Crippen LogP contribution in [0.15, 0.2) is 30.5 Å². The van der Waals surface area contributed by atoms with Gasteiger partial charge in [-0.1, -0.05) is 38.0 Å². The largest absolute Gasteiger partial charge is 0.347 e. The monoisotopic (exact) mass is 216 g/mol. The first kappa shape index (κ1) is 11.2. The molecule has 2 heteroatoms. The quantitative estimate of drug-likeness (QED) is 0.764. The summed E-state index contributed by atoms with van der Waals surface area (Å²) in [6.45, 7) is 3.97. The molecule has 2 nitrogen and oxygen atoms in total. The molecule has 16 heavy (non-hydrogen) atoms. The van der Waals surface area contributed by atoms with E-state index in [1.54, 1.807) is 0 Å². The van der Waals surface area contributed by atoms with Crippen LogP contribution < -0.4 is 5.73 Å². The summed E-state index contributed by atoms with van der Waals surface area (Å²) < 4.78 is 2.34. The molecule has 1 aromatic heterocycles. The predicted molar refractivity (Wildman–Crippen MR) is 69.4 cm³/mol. The van der Waals surface area contributed by atoms with Crippen LogP contribution in [-0.2, 0) is 13.1 Å². The third kappa shape index (κ3) is 2.12. The number of hydrogen-bond acceptors (Lipinski definition) is 1. The highest BCUT2D eigenvalue weighted by Gasteiger charge is 2.05. The Balaban J connectivity index is 2.30. The van der Waals surface area contributed by atoms with Gasteiger partial charge in [0.25, 0.3) is 0 Å². The van der Waals surface area contributed by atoms with Gasteiger partial charge in [0.15, 0.2) is 0 Å². The molecule has 0 saturated heterocycles. The Hall–Kier alpha value is -1.28. The molecule has 0 atom stereocenters. The van der Waals surface area contributed by atoms with Gasteiger partial charge in [-0.3, -0.25) is 0 Å². The molecule has 0 saturated carbocycles. The molecule has 0 amide bonds. The van der Waals surface area contributed by atoms with E-state index in [2.05, 4.69) is 42.0 Å². The number of benzene rings is 1. The fraction of sp³-hybridized carbons (Fsp3) is 0.429. The minimum atomic E-state index is 0.626. The van der Waals surface area contributed by atoms with E-state index in [0.29, 0.717) is 6.54 Å². The number of hydrogen-bond donors (Lipinski definition) is 1. The lowest BCUT2D eigenvalue weighted by atomic mass is 10.2. The summed E-state index contributed by atoms with van der Waals surface area (Å²) in [5.41, 5.74) is 8.35. The van der Waals surface area contributed by atoms with Gasteiger partial charge in [0, 0.05) is 30.2 Å². The van der Waals surface area contributed by atoms with Crippen molar-refractivity contribution >= 4 is 10.9 Å². The van der Waals surface area contributed by atoms with Crippen molar-refractivity contribution in [2.45, 2.75) is 39.3 Å². The van der Waals surface area contributed by atoms with E-state index in [1.165, 1.54) is 35.7 Å². The van der Waals surface area contributed by atoms with Crippen molar-refractivity contribution in [3.63, 3.8) is 0 Å². The number of aryl methyl sites for hydroxylation is 1. The maximum atomic E-state index is 5.77. The standard InChI is InChI=1S/C14H20N2/c1-2-3-6-9-16-11-12(10-15)13-7-4-5-8-14(13)16/h4-5,7-8,11H,2-3,6,9-10,15H2,1H3. The van der Waals surface area contributed by atoms with Crippen LogP contribution in [0.3, 0.4) is 0 Å². The van der Waals surface area contributed by atoms with Crippen LogP contribution in [0.25, 0.3) is 10.9 Å². The molecule has 0 aliphatic rings. The molecule has 0 aliphatic carbocycles. The van der Waals surface area contributed by atoms with E-state index in [0.717, 1.165) is 6.54 Å². The normalized spacial score (nSPS) is 11.1. The van der Waals surface area contributed by atoms with E-state index < -0.39 is 0 Å². The molecular formula is C14H20N2. The van der Waals surface area contributed by atoms with Crippen LogP contribution in [0.4, 0.5) is 0 Å². The number of nitrogens with zero attached hydrogens (tertiary/aromatic N) is 1. The summed E-state index contributed by atoms with van der Waals surface area (Å²) in [6.07, 6.45) is 6.02. The fourth-order valence-electron chi connectivity index (χ4n) is 2.20. The number of nitrogens with two attached hydrogens (primary N) is 1. The Morgan fingerprint density at radius 2 is 2.00 bits per heavy atom. The minimum absolute atomic E-state index is 0.626. The SMILES string of the molecule is CCCCCn1cc(CN)c2ccccc21. The van der Waals surface area contributed by atoms with Crippen molar-refractivity contribution < 1.29 is 0 Å². The molecule has 2 rings (SSSR count). The van der Waals surface area contributed by atoms with Gasteiger partial charge in [-0.15, -0.1) is 0 Å². The van der Waals surface area contributed by atoms with Crippen LogP contribution in [0.5, 0.6) is 0 Å². The topological polar surface area (TPSA) is 30.9 Å². The van der Waals surface area contributed by atoms with Gasteiger partial charge in [0.2, 0.25) is 0 Å².